The lowest BCUT2D eigenvalue weighted by atomic mass is 10.1. The summed E-state index contributed by atoms with van der Waals surface area (Å²) in [6.45, 7) is 4.00. The number of rotatable bonds is 1. The van der Waals surface area contributed by atoms with E-state index in [2.05, 4.69) is 10.2 Å². The monoisotopic (exact) mass is 277 g/mol. The van der Waals surface area contributed by atoms with Gasteiger partial charge in [-0.3, -0.25) is 0 Å². The lowest BCUT2D eigenvalue weighted by Crippen LogP contribution is -2.11. The smallest absolute Gasteiger partial charge is 0.348 e. The first-order valence-electron chi connectivity index (χ1n) is 6.00. The summed E-state index contributed by atoms with van der Waals surface area (Å²) in [4.78, 5) is 22.7. The number of aromatic carboxylic acids is 1. The Kier molecular flexibility index (Phi) is 3.51. The molecule has 0 aliphatic carbocycles. The topological polar surface area (TPSA) is 87.5 Å². The van der Waals surface area contributed by atoms with Gasteiger partial charge in [0.05, 0.1) is 11.1 Å². The van der Waals surface area contributed by atoms with E-state index in [0.29, 0.717) is 0 Å². The van der Waals surface area contributed by atoms with Crippen molar-refractivity contribution < 1.29 is 14.3 Å². The van der Waals surface area contributed by atoms with E-state index in [1.54, 1.807) is 0 Å². The maximum Gasteiger partial charge on any atom is 0.348 e. The number of aromatic amines is 1. The van der Waals surface area contributed by atoms with Crippen LogP contribution in [0.2, 0.25) is 0 Å². The van der Waals surface area contributed by atoms with Gasteiger partial charge in [0.15, 0.2) is 5.65 Å². The fourth-order valence-electron chi connectivity index (χ4n) is 1.94. The molecule has 3 aromatic rings. The second-order valence-electron chi connectivity index (χ2n) is 3.75. The first-order valence-corrected chi connectivity index (χ1v) is 6.00. The zero-order valence-electron chi connectivity index (χ0n) is 10.8. The standard InChI is InChI=1S/C11H6FN3O3.C2H6/c12-5-1-2-6-7(10(16)17)4-9-13-14-11(18)15(9)8(6)3-5;1-2/h1-4H,(H,14,18)(H,16,17);1-2H3. The Morgan fingerprint density at radius 1 is 1.35 bits per heavy atom. The van der Waals surface area contributed by atoms with Crippen molar-refractivity contribution >= 4 is 22.5 Å². The molecular weight excluding hydrogens is 265 g/mol. The number of nitrogens with zero attached hydrogens (tertiary/aromatic N) is 2. The van der Waals surface area contributed by atoms with Gasteiger partial charge in [-0.25, -0.2) is 23.5 Å². The van der Waals surface area contributed by atoms with Gasteiger partial charge in [-0.1, -0.05) is 13.8 Å². The highest BCUT2D eigenvalue weighted by Crippen LogP contribution is 2.21. The fourth-order valence-corrected chi connectivity index (χ4v) is 1.94. The third-order valence-electron chi connectivity index (χ3n) is 2.69. The molecule has 0 amide bonds. The number of H-pyrrole nitrogens is 1. The van der Waals surface area contributed by atoms with Crippen LogP contribution in [0.25, 0.3) is 16.6 Å². The molecule has 3 rings (SSSR count). The number of hydrogen-bond acceptors (Lipinski definition) is 3. The molecule has 2 aromatic heterocycles. The molecule has 20 heavy (non-hydrogen) atoms. The van der Waals surface area contributed by atoms with Gasteiger partial charge in [-0.15, -0.1) is 0 Å². The van der Waals surface area contributed by atoms with E-state index in [4.69, 9.17) is 5.11 Å². The normalized spacial score (nSPS) is 10.3. The zero-order valence-corrected chi connectivity index (χ0v) is 10.8. The summed E-state index contributed by atoms with van der Waals surface area (Å²) in [6, 6.07) is 4.84. The minimum absolute atomic E-state index is 0.0310. The molecule has 104 valence electrons. The van der Waals surface area contributed by atoms with Crippen LogP contribution in [0, 0.1) is 5.82 Å². The summed E-state index contributed by atoms with van der Waals surface area (Å²) in [6.07, 6.45) is 0. The van der Waals surface area contributed by atoms with Crippen LogP contribution in [0.3, 0.4) is 0 Å². The molecule has 0 saturated carbocycles. The Labute approximate surface area is 112 Å². The number of carboxylic acid groups (broad SMARTS) is 1. The average Bonchev–Trinajstić information content (AvgIpc) is 2.81. The molecule has 7 heteroatoms. The van der Waals surface area contributed by atoms with Crippen molar-refractivity contribution in [2.75, 3.05) is 0 Å². The first kappa shape index (κ1) is 13.7. The molecular formula is C13H12FN3O3. The van der Waals surface area contributed by atoms with Gasteiger partial charge in [-0.2, -0.15) is 5.10 Å². The molecule has 0 fully saturated rings. The van der Waals surface area contributed by atoms with Gasteiger partial charge in [-0.05, 0) is 24.3 Å². The lowest BCUT2D eigenvalue weighted by molar-refractivity contribution is 0.0699. The van der Waals surface area contributed by atoms with Crippen LogP contribution in [-0.4, -0.2) is 25.7 Å². The molecule has 0 saturated heterocycles. The quantitative estimate of drug-likeness (QED) is 0.712. The molecule has 0 bridgehead atoms. The zero-order chi connectivity index (χ0) is 14.9. The Morgan fingerprint density at radius 3 is 2.70 bits per heavy atom. The number of hydrogen-bond donors (Lipinski definition) is 2. The van der Waals surface area contributed by atoms with Crippen molar-refractivity contribution in [1.29, 1.82) is 0 Å². The van der Waals surface area contributed by atoms with Crippen molar-refractivity contribution in [2.45, 2.75) is 13.8 Å². The molecule has 2 N–H and O–H groups in total. The van der Waals surface area contributed by atoms with Crippen molar-refractivity contribution in [3.05, 3.63) is 46.1 Å². The van der Waals surface area contributed by atoms with Gasteiger partial charge < -0.3 is 5.11 Å². The van der Waals surface area contributed by atoms with Crippen LogP contribution in [0.5, 0.6) is 0 Å². The predicted octanol–water partition coefficient (Wildman–Crippen LogP) is 2.04. The Bertz CT molecular complexity index is 851. The summed E-state index contributed by atoms with van der Waals surface area (Å²) in [5.74, 6) is -1.72. The summed E-state index contributed by atoms with van der Waals surface area (Å²) >= 11 is 0. The summed E-state index contributed by atoms with van der Waals surface area (Å²) in [7, 11) is 0. The van der Waals surface area contributed by atoms with E-state index >= 15 is 0 Å². The van der Waals surface area contributed by atoms with E-state index < -0.39 is 17.5 Å². The number of aromatic nitrogens is 3. The summed E-state index contributed by atoms with van der Waals surface area (Å²) in [5.41, 5.74) is -0.270. The van der Waals surface area contributed by atoms with Crippen LogP contribution in [0.4, 0.5) is 4.39 Å². The SMILES string of the molecule is CC.O=C(O)c1cc2n[nH]c(=O)n2c2cc(F)ccc12. The molecule has 6 nitrogen and oxygen atoms in total. The molecule has 0 unspecified atom stereocenters. The number of benzene rings is 1. The molecule has 1 aromatic carbocycles. The van der Waals surface area contributed by atoms with E-state index in [0.717, 1.165) is 16.5 Å². The highest BCUT2D eigenvalue weighted by Gasteiger charge is 2.15. The van der Waals surface area contributed by atoms with Crippen molar-refractivity contribution in [3.8, 4) is 0 Å². The van der Waals surface area contributed by atoms with Crippen LogP contribution in [0.15, 0.2) is 29.1 Å². The Hall–Kier alpha value is -2.70. The van der Waals surface area contributed by atoms with Crippen molar-refractivity contribution in [1.82, 2.24) is 14.6 Å². The van der Waals surface area contributed by atoms with E-state index in [-0.39, 0.29) is 22.1 Å². The summed E-state index contributed by atoms with van der Waals surface area (Å²) < 4.78 is 14.4. The minimum atomic E-state index is -1.16. The number of carboxylic acids is 1. The van der Waals surface area contributed by atoms with Crippen molar-refractivity contribution in [3.63, 3.8) is 0 Å². The lowest BCUT2D eigenvalue weighted by Gasteiger charge is -2.04. The van der Waals surface area contributed by atoms with E-state index in [1.807, 2.05) is 13.8 Å². The Morgan fingerprint density at radius 2 is 2.05 bits per heavy atom. The maximum atomic E-state index is 13.2. The maximum absolute atomic E-state index is 13.2. The highest BCUT2D eigenvalue weighted by atomic mass is 19.1. The second-order valence-corrected chi connectivity index (χ2v) is 3.75. The number of nitrogens with one attached hydrogen (secondary N) is 1. The van der Waals surface area contributed by atoms with Crippen LogP contribution >= 0.6 is 0 Å². The summed E-state index contributed by atoms with van der Waals surface area (Å²) in [5, 5.41) is 15.3. The second kappa shape index (κ2) is 5.12. The van der Waals surface area contributed by atoms with Crippen molar-refractivity contribution in [2.24, 2.45) is 0 Å². The van der Waals surface area contributed by atoms with Crippen LogP contribution in [-0.2, 0) is 0 Å². The van der Waals surface area contributed by atoms with Gasteiger partial charge in [0, 0.05) is 5.39 Å². The number of carbonyl (C=O) groups is 1. The first-order chi connectivity index (χ1) is 9.58. The van der Waals surface area contributed by atoms with Crippen LogP contribution in [0.1, 0.15) is 24.2 Å². The fraction of sp³-hybridized carbons (Fsp3) is 0.154. The number of halogens is 1. The van der Waals surface area contributed by atoms with Gasteiger partial charge in [0.2, 0.25) is 0 Å². The van der Waals surface area contributed by atoms with Gasteiger partial charge in [0.25, 0.3) is 0 Å². The molecule has 0 aliphatic rings. The molecule has 2 heterocycles. The molecule has 0 aliphatic heterocycles. The third kappa shape index (κ3) is 2.03. The average molecular weight is 277 g/mol. The van der Waals surface area contributed by atoms with Crippen LogP contribution < -0.4 is 5.69 Å². The highest BCUT2D eigenvalue weighted by molar-refractivity contribution is 6.04. The van der Waals surface area contributed by atoms with E-state index in [9.17, 15) is 14.0 Å². The Balaban J connectivity index is 0.000000704. The minimum Gasteiger partial charge on any atom is -0.478 e. The van der Waals surface area contributed by atoms with Gasteiger partial charge >= 0.3 is 11.7 Å². The number of fused-ring (bicyclic) bond motifs is 3. The molecule has 0 radical (unpaired) electrons. The predicted molar refractivity (Wildman–Crippen MR) is 71.6 cm³/mol. The van der Waals surface area contributed by atoms with Gasteiger partial charge in [0.1, 0.15) is 5.82 Å². The van der Waals surface area contributed by atoms with E-state index in [1.165, 1.54) is 12.1 Å². The molecule has 0 spiro atoms. The molecule has 0 atom stereocenters. The largest absolute Gasteiger partial charge is 0.478 e. The number of pyridine rings is 1. The third-order valence-corrected chi connectivity index (χ3v) is 2.69.